The smallest absolute Gasteiger partial charge is 0.251 e. The van der Waals surface area contributed by atoms with Crippen molar-refractivity contribution in [2.45, 2.75) is 24.7 Å². The molecule has 3 amide bonds. The highest BCUT2D eigenvalue weighted by molar-refractivity contribution is 7.99. The molecule has 7 heteroatoms. The summed E-state index contributed by atoms with van der Waals surface area (Å²) in [5.41, 5.74) is 1.15. The van der Waals surface area contributed by atoms with Crippen molar-refractivity contribution in [1.82, 2.24) is 10.6 Å². The number of benzene rings is 2. The summed E-state index contributed by atoms with van der Waals surface area (Å²) in [6, 6.07) is 16.7. The van der Waals surface area contributed by atoms with Gasteiger partial charge in [0.05, 0.1) is 0 Å². The summed E-state index contributed by atoms with van der Waals surface area (Å²) >= 11 is 1.64. The highest BCUT2D eigenvalue weighted by atomic mass is 32.2. The molecule has 2 rings (SSSR count). The van der Waals surface area contributed by atoms with Crippen LogP contribution in [0.3, 0.4) is 0 Å². The Bertz CT molecular complexity index is 779. The average Bonchev–Trinajstić information content (AvgIpc) is 2.72. The fraction of sp³-hybridized carbons (Fsp3) is 0.286. The van der Waals surface area contributed by atoms with E-state index in [1.54, 1.807) is 43.0 Å². The van der Waals surface area contributed by atoms with Crippen LogP contribution in [0.25, 0.3) is 0 Å². The zero-order valence-electron chi connectivity index (χ0n) is 15.9. The van der Waals surface area contributed by atoms with E-state index in [1.807, 2.05) is 30.3 Å². The summed E-state index contributed by atoms with van der Waals surface area (Å²) in [5, 5.41) is 8.27. The molecule has 0 aromatic heterocycles. The van der Waals surface area contributed by atoms with Gasteiger partial charge in [-0.25, -0.2) is 0 Å². The minimum absolute atomic E-state index is 0.0449. The quantitative estimate of drug-likeness (QED) is 0.423. The maximum Gasteiger partial charge on any atom is 0.251 e. The highest BCUT2D eigenvalue weighted by Crippen LogP contribution is 2.18. The highest BCUT2D eigenvalue weighted by Gasteiger charge is 2.07. The molecule has 0 fully saturated rings. The Labute approximate surface area is 169 Å². The van der Waals surface area contributed by atoms with Crippen molar-refractivity contribution in [2.24, 2.45) is 0 Å². The summed E-state index contributed by atoms with van der Waals surface area (Å²) < 4.78 is 0. The third-order valence-corrected chi connectivity index (χ3v) is 4.84. The van der Waals surface area contributed by atoms with Gasteiger partial charge in [-0.3, -0.25) is 14.4 Å². The van der Waals surface area contributed by atoms with E-state index in [9.17, 15) is 14.4 Å². The zero-order valence-corrected chi connectivity index (χ0v) is 16.7. The minimum atomic E-state index is -0.220. The molecule has 2 aromatic carbocycles. The first-order valence-electron chi connectivity index (χ1n) is 9.21. The molecule has 0 aliphatic rings. The van der Waals surface area contributed by atoms with E-state index in [1.165, 1.54) is 0 Å². The first-order chi connectivity index (χ1) is 13.6. The molecular formula is C21H25N3O3S. The van der Waals surface area contributed by atoms with Crippen LogP contribution in [0.15, 0.2) is 59.5 Å². The largest absolute Gasteiger partial charge is 0.354 e. The average molecular weight is 400 g/mol. The Morgan fingerprint density at radius 1 is 0.857 bits per heavy atom. The molecular weight excluding hydrogens is 374 g/mol. The Morgan fingerprint density at radius 3 is 2.21 bits per heavy atom. The number of hydrogen-bond donors (Lipinski definition) is 3. The first-order valence-corrected chi connectivity index (χ1v) is 10.2. The Kier molecular flexibility index (Phi) is 9.07. The van der Waals surface area contributed by atoms with Crippen molar-refractivity contribution in [3.8, 4) is 0 Å². The molecule has 2 aromatic rings. The second kappa shape index (κ2) is 11.8. The number of rotatable bonds is 10. The lowest BCUT2D eigenvalue weighted by molar-refractivity contribution is -0.120. The fourth-order valence-electron chi connectivity index (χ4n) is 2.31. The second-order valence-electron chi connectivity index (χ2n) is 6.00. The van der Waals surface area contributed by atoms with Crippen molar-refractivity contribution in [2.75, 3.05) is 24.2 Å². The van der Waals surface area contributed by atoms with Crippen molar-refractivity contribution in [1.29, 1.82) is 0 Å². The van der Waals surface area contributed by atoms with Gasteiger partial charge >= 0.3 is 0 Å². The summed E-state index contributed by atoms with van der Waals surface area (Å²) in [7, 11) is 0. The molecule has 0 spiro atoms. The zero-order chi connectivity index (χ0) is 20.2. The minimum Gasteiger partial charge on any atom is -0.354 e. The van der Waals surface area contributed by atoms with Gasteiger partial charge < -0.3 is 16.0 Å². The third-order valence-electron chi connectivity index (χ3n) is 3.83. The maximum atomic E-state index is 12.1. The predicted molar refractivity (Wildman–Crippen MR) is 112 cm³/mol. The van der Waals surface area contributed by atoms with E-state index in [-0.39, 0.29) is 17.7 Å². The normalized spacial score (nSPS) is 10.2. The number of hydrogen-bond acceptors (Lipinski definition) is 4. The fourth-order valence-corrected chi connectivity index (χ4v) is 3.18. The first kappa shape index (κ1) is 21.5. The van der Waals surface area contributed by atoms with Gasteiger partial charge in [-0.15, -0.1) is 11.8 Å². The van der Waals surface area contributed by atoms with Crippen molar-refractivity contribution in [3.05, 3.63) is 60.2 Å². The van der Waals surface area contributed by atoms with Gasteiger partial charge in [0.1, 0.15) is 0 Å². The molecule has 0 atom stereocenters. The topological polar surface area (TPSA) is 87.3 Å². The molecule has 3 N–H and O–H groups in total. The molecule has 0 heterocycles. The van der Waals surface area contributed by atoms with Crippen LogP contribution in [0.1, 0.15) is 30.1 Å². The lowest BCUT2D eigenvalue weighted by Gasteiger charge is -2.08. The van der Waals surface area contributed by atoms with E-state index in [0.29, 0.717) is 42.9 Å². The Morgan fingerprint density at radius 2 is 1.54 bits per heavy atom. The summed E-state index contributed by atoms with van der Waals surface area (Å²) in [6.45, 7) is 2.53. The summed E-state index contributed by atoms with van der Waals surface area (Å²) in [6.07, 6.45) is 0.831. The van der Waals surface area contributed by atoms with Crippen LogP contribution < -0.4 is 16.0 Å². The van der Waals surface area contributed by atoms with Crippen molar-refractivity contribution in [3.63, 3.8) is 0 Å². The number of amides is 3. The van der Waals surface area contributed by atoms with Crippen molar-refractivity contribution < 1.29 is 14.4 Å². The number of anilines is 1. The van der Waals surface area contributed by atoms with Crippen LogP contribution in [-0.2, 0) is 9.59 Å². The molecule has 0 radical (unpaired) electrons. The molecule has 0 aliphatic carbocycles. The lowest BCUT2D eigenvalue weighted by Crippen LogP contribution is -2.34. The van der Waals surface area contributed by atoms with Gasteiger partial charge in [-0.1, -0.05) is 25.1 Å². The number of carbonyl (C=O) groups excluding carboxylic acids is 3. The van der Waals surface area contributed by atoms with Crippen molar-refractivity contribution >= 4 is 35.2 Å². The van der Waals surface area contributed by atoms with Crippen LogP contribution in [0, 0.1) is 0 Å². The van der Waals surface area contributed by atoms with Gasteiger partial charge in [0.15, 0.2) is 0 Å². The van der Waals surface area contributed by atoms with Gasteiger partial charge in [-0.05, 0) is 36.4 Å². The molecule has 0 saturated carbocycles. The molecule has 0 aliphatic heterocycles. The number of carbonyl (C=O) groups is 3. The van der Waals surface area contributed by atoms with Gasteiger partial charge in [-0.2, -0.15) is 0 Å². The Hall–Kier alpha value is -2.80. The summed E-state index contributed by atoms with van der Waals surface area (Å²) in [4.78, 5) is 36.4. The van der Waals surface area contributed by atoms with Crippen LogP contribution in [-0.4, -0.2) is 36.6 Å². The molecule has 28 heavy (non-hydrogen) atoms. The van der Waals surface area contributed by atoms with Crippen LogP contribution in [0.5, 0.6) is 0 Å². The van der Waals surface area contributed by atoms with E-state index >= 15 is 0 Å². The maximum absolute atomic E-state index is 12.1. The SMILES string of the molecule is CCC(=O)NCCNC(=O)c1ccc(NC(=O)CCSc2ccccc2)cc1. The van der Waals surface area contributed by atoms with Gasteiger partial charge in [0, 0.05) is 47.8 Å². The standard InChI is InChI=1S/C21H25N3O3S/c1-2-19(25)22-13-14-23-21(27)16-8-10-17(11-9-16)24-20(26)12-15-28-18-6-4-3-5-7-18/h3-11H,2,12-15H2,1H3,(H,22,25)(H,23,27)(H,24,26). The van der Waals surface area contributed by atoms with Gasteiger partial charge in [0.25, 0.3) is 5.91 Å². The molecule has 0 bridgehead atoms. The number of nitrogens with one attached hydrogen (secondary N) is 3. The Balaban J connectivity index is 1.70. The predicted octanol–water partition coefficient (Wildman–Crippen LogP) is 3.06. The van der Waals surface area contributed by atoms with E-state index in [0.717, 1.165) is 4.90 Å². The molecule has 148 valence electrons. The monoisotopic (exact) mass is 399 g/mol. The van der Waals surface area contributed by atoms with Crippen LogP contribution in [0.2, 0.25) is 0 Å². The van der Waals surface area contributed by atoms with E-state index < -0.39 is 0 Å². The third kappa shape index (κ3) is 7.84. The molecule has 0 unspecified atom stereocenters. The second-order valence-corrected chi connectivity index (χ2v) is 7.16. The van der Waals surface area contributed by atoms with Gasteiger partial charge in [0.2, 0.25) is 11.8 Å². The van der Waals surface area contributed by atoms with Crippen LogP contribution >= 0.6 is 11.8 Å². The van der Waals surface area contributed by atoms with E-state index in [2.05, 4.69) is 16.0 Å². The van der Waals surface area contributed by atoms with Crippen LogP contribution in [0.4, 0.5) is 5.69 Å². The molecule has 0 saturated heterocycles. The summed E-state index contributed by atoms with van der Waals surface area (Å²) in [5.74, 6) is 0.372. The number of thioether (sulfide) groups is 1. The van der Waals surface area contributed by atoms with E-state index in [4.69, 9.17) is 0 Å². The molecule has 6 nitrogen and oxygen atoms in total. The lowest BCUT2D eigenvalue weighted by atomic mass is 10.2.